The second kappa shape index (κ2) is 54.2. The van der Waals surface area contributed by atoms with Crippen molar-refractivity contribution in [3.63, 3.8) is 0 Å². The minimum absolute atomic E-state index is 0.0379. The molecule has 0 aromatic carbocycles. The van der Waals surface area contributed by atoms with Crippen molar-refractivity contribution in [2.45, 2.75) is 245 Å². The van der Waals surface area contributed by atoms with Gasteiger partial charge in [0.15, 0.2) is 6.10 Å². The van der Waals surface area contributed by atoms with E-state index in [1.165, 1.54) is 122 Å². The highest BCUT2D eigenvalue weighted by molar-refractivity contribution is 5.71. The molecule has 5 heteroatoms. The van der Waals surface area contributed by atoms with Gasteiger partial charge in [-0.05, 0) is 77.0 Å². The second-order valence-electron chi connectivity index (χ2n) is 17.4. The highest BCUT2D eigenvalue weighted by Gasteiger charge is 2.17. The second-order valence-corrected chi connectivity index (χ2v) is 17.4. The Morgan fingerprint density at radius 1 is 0.375 bits per heavy atom. The summed E-state index contributed by atoms with van der Waals surface area (Å²) in [6.45, 7) is 7.48. The molecule has 0 amide bonds. The number of carbonyl (C=O) groups is 2. The summed E-state index contributed by atoms with van der Waals surface area (Å²) in [5, 5.41) is 0. The lowest BCUT2D eigenvalue weighted by Crippen LogP contribution is -2.29. The molecule has 0 aliphatic heterocycles. The zero-order valence-electron chi connectivity index (χ0n) is 42.0. The highest BCUT2D eigenvalue weighted by Crippen LogP contribution is 2.15. The average molecular weight is 889 g/mol. The number of unbranched alkanes of at least 4 members (excludes halogenated alkanes) is 22. The van der Waals surface area contributed by atoms with E-state index >= 15 is 0 Å². The molecule has 0 saturated carbocycles. The Balaban J connectivity index is 4.39. The minimum atomic E-state index is -0.601. The predicted molar refractivity (Wildman–Crippen MR) is 279 cm³/mol. The summed E-state index contributed by atoms with van der Waals surface area (Å²) in [6, 6.07) is 0. The Kier molecular flexibility index (Phi) is 51.5. The van der Waals surface area contributed by atoms with Crippen LogP contribution in [0.5, 0.6) is 0 Å². The molecule has 0 heterocycles. The van der Waals surface area contributed by atoms with Gasteiger partial charge in [0.1, 0.15) is 6.61 Å². The van der Waals surface area contributed by atoms with Crippen LogP contribution in [0, 0.1) is 0 Å². The fraction of sp³-hybridized carbons (Fsp3) is 0.695. The van der Waals surface area contributed by atoms with Crippen LogP contribution in [0.4, 0.5) is 0 Å². The van der Waals surface area contributed by atoms with Crippen LogP contribution in [0.25, 0.3) is 0 Å². The zero-order valence-corrected chi connectivity index (χ0v) is 42.0. The number of carbonyl (C=O) groups excluding carboxylic acids is 2. The molecule has 0 rings (SSSR count). The predicted octanol–water partition coefficient (Wildman–Crippen LogP) is 18.2. The first kappa shape index (κ1) is 60.8. The van der Waals surface area contributed by atoms with Crippen LogP contribution >= 0.6 is 0 Å². The molecule has 1 unspecified atom stereocenters. The number of allylic oxidation sites excluding steroid dienone is 15. The van der Waals surface area contributed by atoms with E-state index in [0.29, 0.717) is 13.0 Å². The lowest BCUT2D eigenvalue weighted by Gasteiger charge is -2.18. The third kappa shape index (κ3) is 51.5. The molecule has 0 spiro atoms. The molecule has 0 aliphatic rings. The summed E-state index contributed by atoms with van der Waals surface area (Å²) in [7, 11) is 0. The maximum atomic E-state index is 12.8. The molecule has 0 fully saturated rings. The lowest BCUT2D eigenvalue weighted by atomic mass is 10.0. The van der Waals surface area contributed by atoms with Gasteiger partial charge in [0, 0.05) is 13.0 Å². The molecule has 0 saturated heterocycles. The quantitative estimate of drug-likeness (QED) is 0.0346. The van der Waals surface area contributed by atoms with Crippen molar-refractivity contribution in [2.24, 2.45) is 0 Å². The van der Waals surface area contributed by atoms with E-state index in [1.807, 2.05) is 12.2 Å². The number of esters is 2. The number of ether oxygens (including phenoxy) is 3. The van der Waals surface area contributed by atoms with Gasteiger partial charge in [0.05, 0.1) is 13.0 Å². The first-order chi connectivity index (χ1) is 31.6. The van der Waals surface area contributed by atoms with Crippen molar-refractivity contribution in [1.29, 1.82) is 0 Å². The van der Waals surface area contributed by atoms with Crippen molar-refractivity contribution in [2.75, 3.05) is 19.8 Å². The van der Waals surface area contributed by atoms with Gasteiger partial charge in [-0.2, -0.15) is 0 Å². The van der Waals surface area contributed by atoms with Gasteiger partial charge < -0.3 is 14.2 Å². The fourth-order valence-corrected chi connectivity index (χ4v) is 7.25. The number of hydrogen-bond acceptors (Lipinski definition) is 5. The Bertz CT molecular complexity index is 1230. The molecule has 5 nitrogen and oxygen atoms in total. The summed E-state index contributed by atoms with van der Waals surface area (Å²) in [6.07, 6.45) is 73.0. The van der Waals surface area contributed by atoms with Crippen molar-refractivity contribution < 1.29 is 23.8 Å². The standard InChI is InChI=1S/C59H100O5/c1-4-7-10-13-16-19-22-25-28-30-32-34-37-40-43-46-49-52-58(60)63-56-57(55-62-54-51-48-45-42-39-36-33-29-26-23-20-17-14-11-8-5-2)64-59(61)53-50-47-44-41-38-35-31-27-24-21-18-15-12-9-6-3/h8-9,11-12,17-18,20-21,26-27,29,31,38,41,47,50,57H,4-7,10,13-16,19,22-25,28,30,32-37,39-40,42-46,48-49,51-56H2,1-3H3/b11-8-,12-9-,20-17-,21-18-,29-26-,31-27-,41-38-,50-47-. The van der Waals surface area contributed by atoms with Gasteiger partial charge in [0.2, 0.25) is 0 Å². The van der Waals surface area contributed by atoms with Crippen LogP contribution in [-0.4, -0.2) is 37.9 Å². The van der Waals surface area contributed by atoms with Gasteiger partial charge in [-0.25, -0.2) is 0 Å². The van der Waals surface area contributed by atoms with Crippen LogP contribution in [0.1, 0.15) is 239 Å². The third-order valence-corrected chi connectivity index (χ3v) is 11.1. The van der Waals surface area contributed by atoms with E-state index in [2.05, 4.69) is 106 Å². The Morgan fingerprint density at radius 3 is 1.20 bits per heavy atom. The van der Waals surface area contributed by atoms with Crippen molar-refractivity contribution >= 4 is 11.9 Å². The summed E-state index contributed by atoms with van der Waals surface area (Å²) in [5.74, 6) is -0.548. The molecule has 0 bridgehead atoms. The first-order valence-corrected chi connectivity index (χ1v) is 26.8. The molecular weight excluding hydrogens is 789 g/mol. The van der Waals surface area contributed by atoms with Crippen molar-refractivity contribution in [3.8, 4) is 0 Å². The maximum Gasteiger partial charge on any atom is 0.310 e. The van der Waals surface area contributed by atoms with E-state index in [1.54, 1.807) is 0 Å². The Labute approximate surface area is 396 Å². The Morgan fingerprint density at radius 2 is 0.750 bits per heavy atom. The summed E-state index contributed by atoms with van der Waals surface area (Å²) in [4.78, 5) is 25.4. The van der Waals surface area contributed by atoms with Gasteiger partial charge >= 0.3 is 11.9 Å². The third-order valence-electron chi connectivity index (χ3n) is 11.1. The fourth-order valence-electron chi connectivity index (χ4n) is 7.25. The summed E-state index contributed by atoms with van der Waals surface area (Å²) < 4.78 is 17.3. The van der Waals surface area contributed by atoms with E-state index in [0.717, 1.165) is 83.5 Å². The molecular formula is C59H100O5. The smallest absolute Gasteiger partial charge is 0.310 e. The zero-order chi connectivity index (χ0) is 46.3. The topological polar surface area (TPSA) is 61.8 Å². The molecule has 0 radical (unpaired) electrons. The van der Waals surface area contributed by atoms with E-state index in [-0.39, 0.29) is 31.6 Å². The van der Waals surface area contributed by atoms with Crippen LogP contribution in [0.2, 0.25) is 0 Å². The van der Waals surface area contributed by atoms with Gasteiger partial charge in [-0.15, -0.1) is 0 Å². The van der Waals surface area contributed by atoms with Gasteiger partial charge in [-0.1, -0.05) is 246 Å². The molecule has 1 atom stereocenters. The molecule has 0 aromatic rings. The lowest BCUT2D eigenvalue weighted by molar-refractivity contribution is -0.162. The first-order valence-electron chi connectivity index (χ1n) is 26.8. The van der Waals surface area contributed by atoms with Crippen LogP contribution in [0.3, 0.4) is 0 Å². The monoisotopic (exact) mass is 889 g/mol. The molecule has 64 heavy (non-hydrogen) atoms. The van der Waals surface area contributed by atoms with Gasteiger partial charge in [0.25, 0.3) is 0 Å². The largest absolute Gasteiger partial charge is 0.462 e. The van der Waals surface area contributed by atoms with E-state index in [4.69, 9.17) is 14.2 Å². The molecule has 0 aliphatic carbocycles. The molecule has 0 aromatic heterocycles. The summed E-state index contributed by atoms with van der Waals surface area (Å²) in [5.41, 5.74) is 0. The summed E-state index contributed by atoms with van der Waals surface area (Å²) >= 11 is 0. The average Bonchev–Trinajstić information content (AvgIpc) is 3.30. The maximum absolute atomic E-state index is 12.8. The van der Waals surface area contributed by atoms with Crippen LogP contribution in [0.15, 0.2) is 97.2 Å². The van der Waals surface area contributed by atoms with Crippen LogP contribution < -0.4 is 0 Å². The van der Waals surface area contributed by atoms with E-state index in [9.17, 15) is 9.59 Å². The van der Waals surface area contributed by atoms with Crippen molar-refractivity contribution in [1.82, 2.24) is 0 Å². The highest BCUT2D eigenvalue weighted by atomic mass is 16.6. The molecule has 366 valence electrons. The molecule has 0 N–H and O–H groups in total. The van der Waals surface area contributed by atoms with Gasteiger partial charge in [-0.3, -0.25) is 9.59 Å². The SMILES string of the molecule is CC/C=C\C/C=C\C/C=C\C/C=C\C/C=C\CC(=O)OC(COCCCCCCCC/C=C\C/C=C\C/C=C\CC)COC(=O)CCCCCCCCCCCCCCCCCCC. The normalized spacial score (nSPS) is 13.0. The van der Waals surface area contributed by atoms with E-state index < -0.39 is 6.10 Å². The number of rotatable bonds is 48. The number of hydrogen-bond donors (Lipinski definition) is 0. The van der Waals surface area contributed by atoms with Crippen LogP contribution in [-0.2, 0) is 23.8 Å². The minimum Gasteiger partial charge on any atom is -0.462 e. The van der Waals surface area contributed by atoms with Crippen molar-refractivity contribution in [3.05, 3.63) is 97.2 Å². The Hall–Kier alpha value is -3.18.